The summed E-state index contributed by atoms with van der Waals surface area (Å²) in [7, 11) is 0. The van der Waals surface area contributed by atoms with E-state index in [0.29, 0.717) is 11.3 Å². The van der Waals surface area contributed by atoms with Crippen LogP contribution >= 0.6 is 0 Å². The van der Waals surface area contributed by atoms with Crippen molar-refractivity contribution in [3.63, 3.8) is 0 Å². The highest BCUT2D eigenvalue weighted by Gasteiger charge is 2.44. The largest absolute Gasteiger partial charge is 0.458 e. The Labute approximate surface area is 235 Å². The van der Waals surface area contributed by atoms with Gasteiger partial charge in [-0.2, -0.15) is 4.90 Å². The standard InChI is InChI=1S/C29H42FNO9/c1-17(2)24(32)38-23-18(3)37-25(33)22(16-36-15-20(23)14-19-10-12-21(30)13-11-19)31(26(34)39-28(4,5)6)27(35)40-29(7,8)9/h10-13,17-18,20,22-23H,14-16H2,1-9H3. The van der Waals surface area contributed by atoms with E-state index in [0.717, 1.165) is 5.56 Å². The molecule has 224 valence electrons. The number of benzene rings is 1. The third kappa shape index (κ3) is 10.1. The summed E-state index contributed by atoms with van der Waals surface area (Å²) in [6.07, 6.45) is -3.82. The van der Waals surface area contributed by atoms with E-state index in [1.165, 1.54) is 12.1 Å². The lowest BCUT2D eigenvalue weighted by Crippen LogP contribution is -2.54. The van der Waals surface area contributed by atoms with E-state index in [1.807, 2.05) is 0 Å². The van der Waals surface area contributed by atoms with Crippen molar-refractivity contribution in [3.05, 3.63) is 35.6 Å². The molecule has 4 atom stereocenters. The lowest BCUT2D eigenvalue weighted by Gasteiger charge is -2.32. The number of amides is 2. The summed E-state index contributed by atoms with van der Waals surface area (Å²) < 4.78 is 41.6. The van der Waals surface area contributed by atoms with E-state index in [2.05, 4.69) is 0 Å². The quantitative estimate of drug-likeness (QED) is 0.356. The Morgan fingerprint density at radius 3 is 1.98 bits per heavy atom. The zero-order chi connectivity index (χ0) is 30.4. The lowest BCUT2D eigenvalue weighted by molar-refractivity contribution is -0.174. The number of ether oxygens (including phenoxy) is 5. The highest BCUT2D eigenvalue weighted by Crippen LogP contribution is 2.26. The molecule has 2 amide bonds. The van der Waals surface area contributed by atoms with Gasteiger partial charge in [0, 0.05) is 5.92 Å². The number of halogens is 1. The summed E-state index contributed by atoms with van der Waals surface area (Å²) in [5, 5.41) is 0. The first-order valence-electron chi connectivity index (χ1n) is 13.4. The first-order chi connectivity index (χ1) is 18.4. The molecule has 1 aromatic rings. The first kappa shape index (κ1) is 33.0. The van der Waals surface area contributed by atoms with Crippen LogP contribution in [0.4, 0.5) is 14.0 Å². The second-order valence-electron chi connectivity index (χ2n) is 12.2. The maximum absolute atomic E-state index is 13.5. The summed E-state index contributed by atoms with van der Waals surface area (Å²) in [4.78, 5) is 52.9. The number of imide groups is 1. The monoisotopic (exact) mass is 567 g/mol. The Bertz CT molecular complexity index is 1020. The van der Waals surface area contributed by atoms with E-state index in [1.54, 1.807) is 74.4 Å². The van der Waals surface area contributed by atoms with Gasteiger partial charge in [0.2, 0.25) is 0 Å². The summed E-state index contributed by atoms with van der Waals surface area (Å²) in [6, 6.07) is 4.31. The minimum atomic E-state index is -1.54. The van der Waals surface area contributed by atoms with Gasteiger partial charge in [-0.3, -0.25) is 4.79 Å². The molecule has 0 aromatic heterocycles. The third-order valence-electron chi connectivity index (χ3n) is 5.74. The van der Waals surface area contributed by atoms with Gasteiger partial charge in [-0.15, -0.1) is 0 Å². The number of carbonyl (C=O) groups excluding carboxylic acids is 4. The highest BCUT2D eigenvalue weighted by atomic mass is 19.1. The predicted octanol–water partition coefficient (Wildman–Crippen LogP) is 5.05. The Hall–Kier alpha value is -3.21. The molecule has 0 N–H and O–H groups in total. The minimum Gasteiger partial charge on any atom is -0.458 e. The van der Waals surface area contributed by atoms with Crippen LogP contribution in [-0.2, 0) is 39.7 Å². The van der Waals surface area contributed by atoms with Gasteiger partial charge < -0.3 is 23.7 Å². The summed E-state index contributed by atoms with van der Waals surface area (Å²) in [6.45, 7) is 14.2. The third-order valence-corrected chi connectivity index (χ3v) is 5.74. The van der Waals surface area contributed by atoms with Crippen LogP contribution in [0.2, 0.25) is 0 Å². The van der Waals surface area contributed by atoms with Gasteiger partial charge in [0.05, 0.1) is 19.1 Å². The van der Waals surface area contributed by atoms with Gasteiger partial charge in [-0.1, -0.05) is 26.0 Å². The molecule has 0 radical (unpaired) electrons. The van der Waals surface area contributed by atoms with E-state index in [9.17, 15) is 23.6 Å². The summed E-state index contributed by atoms with van der Waals surface area (Å²) >= 11 is 0. The van der Waals surface area contributed by atoms with Crippen LogP contribution in [0.25, 0.3) is 0 Å². The molecule has 1 aliphatic rings. The molecule has 1 fully saturated rings. The summed E-state index contributed by atoms with van der Waals surface area (Å²) in [5.41, 5.74) is -1.21. The number of rotatable bonds is 5. The van der Waals surface area contributed by atoms with Crippen LogP contribution in [0, 0.1) is 17.7 Å². The van der Waals surface area contributed by atoms with E-state index >= 15 is 0 Å². The van der Waals surface area contributed by atoms with Gasteiger partial charge in [0.15, 0.2) is 6.04 Å². The molecular weight excluding hydrogens is 525 g/mol. The molecule has 0 aliphatic carbocycles. The van der Waals surface area contributed by atoms with Gasteiger partial charge in [0.1, 0.15) is 29.2 Å². The molecule has 10 nitrogen and oxygen atoms in total. The molecule has 40 heavy (non-hydrogen) atoms. The average molecular weight is 568 g/mol. The Morgan fingerprint density at radius 2 is 1.50 bits per heavy atom. The molecule has 2 rings (SSSR count). The van der Waals surface area contributed by atoms with Crippen molar-refractivity contribution >= 4 is 24.1 Å². The topological polar surface area (TPSA) is 118 Å². The lowest BCUT2D eigenvalue weighted by atomic mass is 9.91. The molecule has 4 unspecified atom stereocenters. The van der Waals surface area contributed by atoms with Crippen molar-refractivity contribution in [2.45, 2.75) is 98.2 Å². The molecule has 0 spiro atoms. The molecule has 1 saturated heterocycles. The first-order valence-corrected chi connectivity index (χ1v) is 13.4. The highest BCUT2D eigenvalue weighted by molar-refractivity contribution is 5.94. The van der Waals surface area contributed by atoms with Crippen LogP contribution in [0.15, 0.2) is 24.3 Å². The minimum absolute atomic E-state index is 0.0264. The van der Waals surface area contributed by atoms with E-state index < -0.39 is 77.8 Å². The average Bonchev–Trinajstić information content (AvgIpc) is 2.83. The van der Waals surface area contributed by atoms with E-state index in [-0.39, 0.29) is 6.61 Å². The van der Waals surface area contributed by atoms with Gasteiger partial charge in [0.25, 0.3) is 0 Å². The number of carbonyl (C=O) groups is 4. The molecule has 1 heterocycles. The van der Waals surface area contributed by atoms with Crippen molar-refractivity contribution < 1.29 is 47.3 Å². The fraction of sp³-hybridized carbons (Fsp3) is 0.655. The smallest absolute Gasteiger partial charge is 0.420 e. The number of hydrogen-bond donors (Lipinski definition) is 0. The van der Waals surface area contributed by atoms with Crippen LogP contribution in [-0.4, -0.2) is 71.7 Å². The molecule has 0 bridgehead atoms. The zero-order valence-electron chi connectivity index (χ0n) is 24.8. The van der Waals surface area contributed by atoms with Crippen LogP contribution in [0.1, 0.15) is 67.9 Å². The number of hydrogen-bond acceptors (Lipinski definition) is 9. The molecular formula is C29H42FNO9. The van der Waals surface area contributed by atoms with Crippen molar-refractivity contribution in [1.29, 1.82) is 0 Å². The Kier molecular flexibility index (Phi) is 11.1. The van der Waals surface area contributed by atoms with Crippen LogP contribution < -0.4 is 0 Å². The van der Waals surface area contributed by atoms with Crippen molar-refractivity contribution in [2.24, 2.45) is 11.8 Å². The van der Waals surface area contributed by atoms with E-state index in [4.69, 9.17) is 23.7 Å². The predicted molar refractivity (Wildman–Crippen MR) is 143 cm³/mol. The number of nitrogens with zero attached hydrogens (tertiary/aromatic N) is 1. The molecule has 1 aliphatic heterocycles. The summed E-state index contributed by atoms with van der Waals surface area (Å²) in [5.74, 6) is -2.82. The Balaban J connectivity index is 2.45. The molecule has 0 saturated carbocycles. The molecule has 11 heteroatoms. The number of cyclic esters (lactones) is 1. The second-order valence-corrected chi connectivity index (χ2v) is 12.2. The maximum atomic E-state index is 13.5. The van der Waals surface area contributed by atoms with Gasteiger partial charge in [-0.25, -0.2) is 18.8 Å². The fourth-order valence-corrected chi connectivity index (χ4v) is 3.90. The van der Waals surface area contributed by atoms with Gasteiger partial charge in [-0.05, 0) is 72.6 Å². The van der Waals surface area contributed by atoms with Crippen molar-refractivity contribution in [2.75, 3.05) is 13.2 Å². The fourth-order valence-electron chi connectivity index (χ4n) is 3.90. The Morgan fingerprint density at radius 1 is 0.975 bits per heavy atom. The van der Waals surface area contributed by atoms with Gasteiger partial charge >= 0.3 is 24.1 Å². The zero-order valence-corrected chi connectivity index (χ0v) is 24.8. The maximum Gasteiger partial charge on any atom is 0.420 e. The second kappa shape index (κ2) is 13.4. The molecule has 1 aromatic carbocycles. The van der Waals surface area contributed by atoms with Crippen molar-refractivity contribution in [1.82, 2.24) is 4.90 Å². The van der Waals surface area contributed by atoms with Crippen LogP contribution in [0.3, 0.4) is 0 Å². The van der Waals surface area contributed by atoms with Crippen molar-refractivity contribution in [3.8, 4) is 0 Å². The van der Waals surface area contributed by atoms with Crippen LogP contribution in [0.5, 0.6) is 0 Å². The SMILES string of the molecule is CC(C)C(=O)OC1C(Cc2ccc(F)cc2)COCC(N(C(=O)OC(C)(C)C)C(=O)OC(C)(C)C)C(=O)OC1C. The normalized spacial score (nSPS) is 22.3. The number of esters is 2.